The number of anilines is 2. The van der Waals surface area contributed by atoms with Crippen LogP contribution in [0.2, 0.25) is 10.0 Å². The zero-order valence-electron chi connectivity index (χ0n) is 19.3. The maximum absolute atomic E-state index is 12.9. The maximum Gasteiger partial charge on any atom is 0.323 e. The number of phenolic OH excluding ortho intramolecular Hbond substituents is 1. The van der Waals surface area contributed by atoms with Gasteiger partial charge in [0.2, 0.25) is 5.91 Å². The number of primary amides is 1. The number of carbonyl (C=O) groups excluding carboxylic acids is 2. The van der Waals surface area contributed by atoms with E-state index in [1.807, 2.05) is 0 Å². The monoisotopic (exact) mass is 538 g/mol. The molecule has 188 valence electrons. The van der Waals surface area contributed by atoms with E-state index >= 15 is 0 Å². The van der Waals surface area contributed by atoms with Crippen molar-refractivity contribution in [1.29, 1.82) is 0 Å². The van der Waals surface area contributed by atoms with E-state index in [1.54, 1.807) is 31.2 Å². The van der Waals surface area contributed by atoms with Gasteiger partial charge in [-0.1, -0.05) is 41.4 Å². The fourth-order valence-electron chi connectivity index (χ4n) is 3.55. The Balaban J connectivity index is 1.71. The normalized spacial score (nSPS) is 10.7. The van der Waals surface area contributed by atoms with Crippen LogP contribution in [0.15, 0.2) is 65.7 Å². The van der Waals surface area contributed by atoms with Gasteiger partial charge < -0.3 is 21.5 Å². The van der Waals surface area contributed by atoms with Crippen LogP contribution < -0.4 is 21.9 Å². The molecule has 0 aliphatic carbocycles. The molecule has 2 heterocycles. The zero-order valence-corrected chi connectivity index (χ0v) is 20.8. The molecule has 0 aliphatic heterocycles. The number of aryl methyl sites for hydroxylation is 1. The van der Waals surface area contributed by atoms with Gasteiger partial charge in [-0.3, -0.25) is 14.6 Å². The van der Waals surface area contributed by atoms with Crippen molar-refractivity contribution in [2.45, 2.75) is 13.5 Å². The summed E-state index contributed by atoms with van der Waals surface area (Å²) in [5, 5.41) is 20.0. The molecular weight excluding hydrogens is 519 g/mol. The largest absolute Gasteiger partial charge is 0.507 e. The lowest BCUT2D eigenvalue weighted by Crippen LogP contribution is -2.29. The average Bonchev–Trinajstić information content (AvgIpc) is 2.87. The molecule has 12 heteroatoms. The minimum atomic E-state index is -0.742. The Morgan fingerprint density at radius 2 is 1.73 bits per heavy atom. The number of rotatable bonds is 6. The lowest BCUT2D eigenvalue weighted by atomic mass is 9.98. The van der Waals surface area contributed by atoms with Gasteiger partial charge in [-0.05, 0) is 42.8 Å². The fraction of sp³-hybridized carbons (Fsp3) is 0.0800. The van der Waals surface area contributed by atoms with E-state index in [9.17, 15) is 19.5 Å². The minimum absolute atomic E-state index is 0.0328. The lowest BCUT2D eigenvalue weighted by Gasteiger charge is -2.13. The number of benzene rings is 2. The van der Waals surface area contributed by atoms with Crippen LogP contribution in [0.4, 0.5) is 16.2 Å². The van der Waals surface area contributed by atoms with Crippen molar-refractivity contribution in [2.75, 3.05) is 10.6 Å². The van der Waals surface area contributed by atoms with E-state index in [1.165, 1.54) is 41.3 Å². The van der Waals surface area contributed by atoms with Crippen LogP contribution >= 0.6 is 23.2 Å². The second-order valence-corrected chi connectivity index (χ2v) is 8.61. The third-order valence-corrected chi connectivity index (χ3v) is 5.94. The number of carbonyl (C=O) groups is 2. The van der Waals surface area contributed by atoms with Gasteiger partial charge in [-0.2, -0.15) is 5.10 Å². The van der Waals surface area contributed by atoms with Crippen molar-refractivity contribution in [3.63, 3.8) is 0 Å². The van der Waals surface area contributed by atoms with Crippen LogP contribution in [0.3, 0.4) is 0 Å². The number of amides is 3. The molecule has 0 fully saturated rings. The topological polar surface area (TPSA) is 152 Å². The quantitative estimate of drug-likeness (QED) is 0.278. The number of phenols is 1. The van der Waals surface area contributed by atoms with Crippen molar-refractivity contribution in [3.05, 3.63) is 86.9 Å². The van der Waals surface area contributed by atoms with Crippen molar-refractivity contribution in [2.24, 2.45) is 5.73 Å². The average molecular weight is 539 g/mol. The number of urea groups is 1. The van der Waals surface area contributed by atoms with Gasteiger partial charge in [0, 0.05) is 35.6 Å². The first-order valence-electron chi connectivity index (χ1n) is 10.9. The Kier molecular flexibility index (Phi) is 7.42. The van der Waals surface area contributed by atoms with Gasteiger partial charge in [0.15, 0.2) is 0 Å². The highest BCUT2D eigenvalue weighted by atomic mass is 35.5. The van der Waals surface area contributed by atoms with E-state index in [0.29, 0.717) is 22.4 Å². The van der Waals surface area contributed by atoms with Crippen LogP contribution in [-0.4, -0.2) is 31.8 Å². The van der Waals surface area contributed by atoms with Crippen molar-refractivity contribution in [3.8, 4) is 28.1 Å². The Hall–Kier alpha value is -4.41. The molecular formula is C25H20Cl2N6O4. The van der Waals surface area contributed by atoms with Gasteiger partial charge in [0.25, 0.3) is 5.56 Å². The predicted octanol–water partition coefficient (Wildman–Crippen LogP) is 4.75. The molecule has 0 atom stereocenters. The van der Waals surface area contributed by atoms with Gasteiger partial charge in [-0.25, -0.2) is 9.48 Å². The summed E-state index contributed by atoms with van der Waals surface area (Å²) >= 11 is 12.1. The van der Waals surface area contributed by atoms with E-state index in [4.69, 9.17) is 28.9 Å². The molecule has 4 aromatic rings. The molecule has 10 nitrogen and oxygen atoms in total. The Labute approximate surface area is 220 Å². The molecule has 3 amide bonds. The molecule has 0 saturated heterocycles. The molecule has 2 aromatic carbocycles. The number of aromatic nitrogens is 3. The summed E-state index contributed by atoms with van der Waals surface area (Å²) in [7, 11) is 0. The van der Waals surface area contributed by atoms with Gasteiger partial charge in [0.05, 0.1) is 21.4 Å². The Bertz CT molecular complexity index is 1570. The number of aromatic hydroxyl groups is 1. The first kappa shape index (κ1) is 25.7. The summed E-state index contributed by atoms with van der Waals surface area (Å²) in [6, 6.07) is 12.0. The molecule has 37 heavy (non-hydrogen) atoms. The first-order valence-corrected chi connectivity index (χ1v) is 11.7. The molecule has 5 N–H and O–H groups in total. The number of halogens is 2. The summed E-state index contributed by atoms with van der Waals surface area (Å²) in [6.07, 6.45) is 2.64. The molecule has 0 bridgehead atoms. The second kappa shape index (κ2) is 10.7. The smallest absolute Gasteiger partial charge is 0.323 e. The predicted molar refractivity (Wildman–Crippen MR) is 142 cm³/mol. The van der Waals surface area contributed by atoms with Crippen molar-refractivity contribution in [1.82, 2.24) is 14.8 Å². The standard InChI is InChI=1S/C25H20Cl2N6O4/c1-2-33-24(36)20(30-25(37)31-22-17(26)11-29-12-18(22)27)10-19(32-33)14-5-3-4-13(8-14)16-9-15(23(28)35)6-7-21(16)34/h3-12,34H,2H2,1H3,(H2,28,35)(H2,29,30,31,37). The number of nitrogens with one attached hydrogen (secondary N) is 2. The van der Waals surface area contributed by atoms with E-state index in [2.05, 4.69) is 20.7 Å². The van der Waals surface area contributed by atoms with E-state index in [0.717, 1.165) is 0 Å². The number of hydrogen-bond donors (Lipinski definition) is 4. The summed E-state index contributed by atoms with van der Waals surface area (Å²) in [5.41, 5.74) is 7.16. The zero-order chi connectivity index (χ0) is 26.7. The summed E-state index contributed by atoms with van der Waals surface area (Å²) in [6.45, 7) is 1.98. The highest BCUT2D eigenvalue weighted by Crippen LogP contribution is 2.33. The third-order valence-electron chi connectivity index (χ3n) is 5.36. The van der Waals surface area contributed by atoms with Crippen molar-refractivity contribution < 1.29 is 14.7 Å². The molecule has 0 radical (unpaired) electrons. The molecule has 2 aromatic heterocycles. The highest BCUT2D eigenvalue weighted by Gasteiger charge is 2.16. The van der Waals surface area contributed by atoms with Crippen LogP contribution in [0.25, 0.3) is 22.4 Å². The molecule has 0 saturated carbocycles. The third kappa shape index (κ3) is 5.55. The minimum Gasteiger partial charge on any atom is -0.507 e. The molecule has 0 unspecified atom stereocenters. The Morgan fingerprint density at radius 1 is 1.03 bits per heavy atom. The number of hydrogen-bond acceptors (Lipinski definition) is 6. The van der Waals surface area contributed by atoms with Crippen molar-refractivity contribution >= 4 is 46.5 Å². The highest BCUT2D eigenvalue weighted by molar-refractivity contribution is 6.39. The second-order valence-electron chi connectivity index (χ2n) is 7.80. The van der Waals surface area contributed by atoms with Gasteiger partial charge in [0.1, 0.15) is 11.4 Å². The van der Waals surface area contributed by atoms with E-state index < -0.39 is 17.5 Å². The number of nitrogens with zero attached hydrogens (tertiary/aromatic N) is 3. The molecule has 0 aliphatic rings. The summed E-state index contributed by atoms with van der Waals surface area (Å²) < 4.78 is 1.20. The van der Waals surface area contributed by atoms with Crippen LogP contribution in [0.1, 0.15) is 17.3 Å². The van der Waals surface area contributed by atoms with Gasteiger partial charge >= 0.3 is 6.03 Å². The SMILES string of the molecule is CCn1nc(-c2cccc(-c3cc(C(N)=O)ccc3O)c2)cc(NC(=O)Nc2c(Cl)cncc2Cl)c1=O. The van der Waals surface area contributed by atoms with Crippen LogP contribution in [-0.2, 0) is 6.54 Å². The number of pyridine rings is 1. The lowest BCUT2D eigenvalue weighted by molar-refractivity contribution is 0.100. The summed E-state index contributed by atoms with van der Waals surface area (Å²) in [5.74, 6) is -0.668. The van der Waals surface area contributed by atoms with Gasteiger partial charge in [-0.15, -0.1) is 0 Å². The molecule has 0 spiro atoms. The fourth-order valence-corrected chi connectivity index (χ4v) is 4.01. The summed E-state index contributed by atoms with van der Waals surface area (Å²) in [4.78, 5) is 40.9. The van der Waals surface area contributed by atoms with E-state index in [-0.39, 0.29) is 39.3 Å². The number of nitrogens with two attached hydrogens (primary N) is 1. The first-order chi connectivity index (χ1) is 17.7. The maximum atomic E-state index is 12.9. The van der Waals surface area contributed by atoms with Crippen LogP contribution in [0.5, 0.6) is 5.75 Å². The van der Waals surface area contributed by atoms with Crippen LogP contribution in [0, 0.1) is 0 Å². The Morgan fingerprint density at radius 3 is 2.41 bits per heavy atom. The molecule has 4 rings (SSSR count).